The van der Waals surface area contributed by atoms with Gasteiger partial charge in [-0.3, -0.25) is 4.68 Å². The minimum Gasteiger partial charge on any atom is -0.265 e. The molecule has 0 aliphatic heterocycles. The first kappa shape index (κ1) is 11.6. The lowest BCUT2D eigenvalue weighted by molar-refractivity contribution is 0.428. The normalized spacial score (nSPS) is 18.8. The van der Waals surface area contributed by atoms with E-state index in [0.29, 0.717) is 17.3 Å². The Morgan fingerprint density at radius 1 is 1.44 bits per heavy atom. The van der Waals surface area contributed by atoms with Crippen LogP contribution in [-0.4, -0.2) is 18.2 Å². The molecule has 0 radical (unpaired) electrons. The highest BCUT2D eigenvalue weighted by Gasteiger charge is 2.32. The lowest BCUT2D eigenvalue weighted by Gasteiger charge is -2.13. The van der Waals surface area contributed by atoms with Crippen LogP contribution in [0.2, 0.25) is 0 Å². The number of aromatic nitrogens is 2. The Hall–Kier alpha value is -0.880. The molecule has 0 saturated heterocycles. The number of hydrogen-bond acceptors (Lipinski definition) is 3. The van der Waals surface area contributed by atoms with E-state index in [4.69, 9.17) is 5.14 Å². The summed E-state index contributed by atoms with van der Waals surface area (Å²) in [5.74, 6) is 0.631. The van der Waals surface area contributed by atoms with Crippen molar-refractivity contribution >= 4 is 10.0 Å². The maximum Gasteiger partial charge on any atom is 0.241 e. The van der Waals surface area contributed by atoms with Gasteiger partial charge in [0.05, 0.1) is 17.4 Å². The summed E-state index contributed by atoms with van der Waals surface area (Å²) >= 11 is 0. The van der Waals surface area contributed by atoms with Gasteiger partial charge in [0.25, 0.3) is 0 Å². The van der Waals surface area contributed by atoms with Gasteiger partial charge >= 0.3 is 0 Å². The minimum atomic E-state index is -3.67. The molecule has 1 heterocycles. The Bertz CT molecular complexity index is 514. The van der Waals surface area contributed by atoms with E-state index in [1.807, 2.05) is 0 Å². The van der Waals surface area contributed by atoms with Crippen molar-refractivity contribution < 1.29 is 8.42 Å². The summed E-state index contributed by atoms with van der Waals surface area (Å²) in [6.07, 6.45) is 2.40. The first-order chi connectivity index (χ1) is 7.32. The fourth-order valence-electron chi connectivity index (χ4n) is 2.23. The van der Waals surface area contributed by atoms with Crippen LogP contribution in [0.1, 0.15) is 37.2 Å². The predicted molar refractivity (Wildman–Crippen MR) is 60.5 cm³/mol. The van der Waals surface area contributed by atoms with Crippen molar-refractivity contribution in [3.8, 4) is 0 Å². The van der Waals surface area contributed by atoms with Gasteiger partial charge in [0.2, 0.25) is 10.0 Å². The lowest BCUT2D eigenvalue weighted by atomic mass is 10.2. The molecule has 1 aromatic rings. The Labute approximate surface area is 95.7 Å². The second kappa shape index (κ2) is 3.56. The molecule has 0 spiro atoms. The topological polar surface area (TPSA) is 78.0 Å². The van der Waals surface area contributed by atoms with Crippen molar-refractivity contribution in [1.29, 1.82) is 0 Å². The van der Waals surface area contributed by atoms with Crippen LogP contribution < -0.4 is 5.14 Å². The molecule has 16 heavy (non-hydrogen) atoms. The van der Waals surface area contributed by atoms with Crippen molar-refractivity contribution in [2.75, 3.05) is 0 Å². The molecule has 1 aliphatic carbocycles. The van der Waals surface area contributed by atoms with Gasteiger partial charge < -0.3 is 0 Å². The van der Waals surface area contributed by atoms with E-state index < -0.39 is 10.0 Å². The molecule has 5 nitrogen and oxygen atoms in total. The van der Waals surface area contributed by atoms with E-state index >= 15 is 0 Å². The van der Waals surface area contributed by atoms with Crippen molar-refractivity contribution in [2.45, 2.75) is 44.6 Å². The Kier molecular flexibility index (Phi) is 2.58. The maximum absolute atomic E-state index is 11.4. The molecular formula is C10H17N3O2S. The molecule has 2 rings (SSSR count). The van der Waals surface area contributed by atoms with E-state index in [-0.39, 0.29) is 10.9 Å². The van der Waals surface area contributed by atoms with E-state index in [9.17, 15) is 8.42 Å². The van der Waals surface area contributed by atoms with E-state index in [1.165, 1.54) is 12.8 Å². The average Bonchev–Trinajstić information content (AvgIpc) is 2.90. The zero-order valence-corrected chi connectivity index (χ0v) is 10.6. The number of sulfonamides is 1. The second-order valence-electron chi connectivity index (χ2n) is 4.57. The molecule has 6 heteroatoms. The van der Waals surface area contributed by atoms with E-state index in [0.717, 1.165) is 0 Å². The SMILES string of the molecule is Cc1nn(C(C)C2CC2)c(C)c1S(N)(=O)=O. The van der Waals surface area contributed by atoms with Gasteiger partial charge in [-0.15, -0.1) is 0 Å². The van der Waals surface area contributed by atoms with E-state index in [2.05, 4.69) is 12.0 Å². The monoisotopic (exact) mass is 243 g/mol. The van der Waals surface area contributed by atoms with Crippen LogP contribution in [0.3, 0.4) is 0 Å². The number of primary sulfonamides is 1. The van der Waals surface area contributed by atoms with Gasteiger partial charge in [0, 0.05) is 0 Å². The van der Waals surface area contributed by atoms with Crippen molar-refractivity contribution in [3.63, 3.8) is 0 Å². The van der Waals surface area contributed by atoms with Crippen LogP contribution in [0.5, 0.6) is 0 Å². The summed E-state index contributed by atoms with van der Waals surface area (Å²) in [6.45, 7) is 5.52. The largest absolute Gasteiger partial charge is 0.265 e. The zero-order chi connectivity index (χ0) is 12.1. The Balaban J connectivity index is 2.50. The van der Waals surface area contributed by atoms with Crippen LogP contribution in [0.4, 0.5) is 0 Å². The zero-order valence-electron chi connectivity index (χ0n) is 9.77. The van der Waals surface area contributed by atoms with Crippen LogP contribution in [-0.2, 0) is 10.0 Å². The standard InChI is InChI=1S/C10H17N3O2S/c1-6-10(16(11,14)15)8(3)13(12-6)7(2)9-4-5-9/h7,9H,4-5H2,1-3H3,(H2,11,14,15). The third-order valence-electron chi connectivity index (χ3n) is 3.23. The molecule has 1 unspecified atom stereocenters. The van der Waals surface area contributed by atoms with Gasteiger partial charge in [-0.25, -0.2) is 13.6 Å². The van der Waals surface area contributed by atoms with Crippen molar-refractivity contribution in [3.05, 3.63) is 11.4 Å². The third-order valence-corrected chi connectivity index (χ3v) is 4.39. The molecule has 0 bridgehead atoms. The lowest BCUT2D eigenvalue weighted by Crippen LogP contribution is -2.15. The fraction of sp³-hybridized carbons (Fsp3) is 0.700. The number of rotatable bonds is 3. The maximum atomic E-state index is 11.4. The molecule has 0 amide bonds. The average molecular weight is 243 g/mol. The molecule has 1 atom stereocenters. The highest BCUT2D eigenvalue weighted by atomic mass is 32.2. The van der Waals surface area contributed by atoms with Crippen LogP contribution in [0.25, 0.3) is 0 Å². The van der Waals surface area contributed by atoms with Crippen LogP contribution in [0.15, 0.2) is 4.90 Å². The highest BCUT2D eigenvalue weighted by molar-refractivity contribution is 7.89. The summed E-state index contributed by atoms with van der Waals surface area (Å²) in [5.41, 5.74) is 1.15. The summed E-state index contributed by atoms with van der Waals surface area (Å²) in [6, 6.07) is 0.259. The summed E-state index contributed by atoms with van der Waals surface area (Å²) < 4.78 is 24.6. The fourth-order valence-corrected chi connectivity index (χ4v) is 3.19. The number of aryl methyl sites for hydroxylation is 1. The number of nitrogens with zero attached hydrogens (tertiary/aromatic N) is 2. The molecule has 90 valence electrons. The quantitative estimate of drug-likeness (QED) is 0.864. The van der Waals surface area contributed by atoms with Crippen LogP contribution >= 0.6 is 0 Å². The second-order valence-corrected chi connectivity index (χ2v) is 6.07. The van der Waals surface area contributed by atoms with Crippen LogP contribution in [0, 0.1) is 19.8 Å². The molecule has 1 fully saturated rings. The van der Waals surface area contributed by atoms with Gasteiger partial charge in [0.1, 0.15) is 4.90 Å². The van der Waals surface area contributed by atoms with E-state index in [1.54, 1.807) is 18.5 Å². The van der Waals surface area contributed by atoms with Gasteiger partial charge in [-0.1, -0.05) is 0 Å². The molecule has 1 saturated carbocycles. The first-order valence-corrected chi connectivity index (χ1v) is 6.95. The summed E-state index contributed by atoms with van der Waals surface area (Å²) in [4.78, 5) is 0.181. The summed E-state index contributed by atoms with van der Waals surface area (Å²) in [7, 11) is -3.67. The molecule has 0 aromatic carbocycles. The smallest absolute Gasteiger partial charge is 0.241 e. The van der Waals surface area contributed by atoms with Gasteiger partial charge in [0.15, 0.2) is 0 Å². The predicted octanol–water partition coefficient (Wildman–Crippen LogP) is 1.12. The number of nitrogens with two attached hydrogens (primary N) is 1. The molecule has 1 aliphatic rings. The first-order valence-electron chi connectivity index (χ1n) is 5.41. The third kappa shape index (κ3) is 1.87. The minimum absolute atomic E-state index is 0.181. The number of hydrogen-bond donors (Lipinski definition) is 1. The summed E-state index contributed by atoms with van der Waals surface area (Å²) in [5, 5.41) is 9.48. The highest BCUT2D eigenvalue weighted by Crippen LogP contribution is 2.40. The van der Waals surface area contributed by atoms with Gasteiger partial charge in [-0.05, 0) is 39.5 Å². The van der Waals surface area contributed by atoms with Gasteiger partial charge in [-0.2, -0.15) is 5.10 Å². The Morgan fingerprint density at radius 3 is 2.38 bits per heavy atom. The molecule has 2 N–H and O–H groups in total. The molecule has 1 aromatic heterocycles. The molecular weight excluding hydrogens is 226 g/mol. The Morgan fingerprint density at radius 2 is 2.00 bits per heavy atom. The van der Waals surface area contributed by atoms with Crippen molar-refractivity contribution in [2.24, 2.45) is 11.1 Å². The van der Waals surface area contributed by atoms with Crippen molar-refractivity contribution in [1.82, 2.24) is 9.78 Å².